The normalized spacial score (nSPS) is 23.4. The summed E-state index contributed by atoms with van der Waals surface area (Å²) in [5, 5.41) is 0. The molecular formula is C16H22N2O2. The third-order valence-corrected chi connectivity index (χ3v) is 3.78. The summed E-state index contributed by atoms with van der Waals surface area (Å²) >= 11 is 0. The second-order valence-electron chi connectivity index (χ2n) is 6.44. The fourth-order valence-corrected chi connectivity index (χ4v) is 2.95. The fraction of sp³-hybridized carbons (Fsp3) is 0.500. The number of nitrogens with zero attached hydrogens (tertiary/aromatic N) is 2. The molecule has 2 atom stereocenters. The molecule has 1 aliphatic rings. The van der Waals surface area contributed by atoms with E-state index < -0.39 is 6.04 Å². The molecule has 0 bridgehead atoms. The van der Waals surface area contributed by atoms with Gasteiger partial charge in [0.15, 0.2) is 0 Å². The maximum atomic E-state index is 12.8. The Bertz CT molecular complexity index is 519. The van der Waals surface area contributed by atoms with Gasteiger partial charge in [-0.3, -0.25) is 9.59 Å². The highest BCUT2D eigenvalue weighted by Gasteiger charge is 2.49. The summed E-state index contributed by atoms with van der Waals surface area (Å²) in [5.41, 5.74) is 0.427. The molecule has 1 aliphatic heterocycles. The van der Waals surface area contributed by atoms with E-state index in [1.165, 1.54) is 0 Å². The van der Waals surface area contributed by atoms with Crippen molar-refractivity contribution in [3.05, 3.63) is 35.9 Å². The summed E-state index contributed by atoms with van der Waals surface area (Å²) in [4.78, 5) is 28.4. The zero-order valence-electron chi connectivity index (χ0n) is 12.8. The summed E-state index contributed by atoms with van der Waals surface area (Å²) in [6.07, 6.45) is -0.224. The van der Waals surface area contributed by atoms with E-state index in [1.54, 1.807) is 35.9 Å². The van der Waals surface area contributed by atoms with Crippen molar-refractivity contribution >= 4 is 11.8 Å². The first-order chi connectivity index (χ1) is 9.25. The second kappa shape index (κ2) is 4.93. The van der Waals surface area contributed by atoms with Crippen molar-refractivity contribution in [1.82, 2.24) is 9.80 Å². The van der Waals surface area contributed by atoms with Crippen LogP contribution < -0.4 is 0 Å². The first-order valence-corrected chi connectivity index (χ1v) is 6.89. The molecule has 1 saturated heterocycles. The lowest BCUT2D eigenvalue weighted by molar-refractivity contribution is -0.129. The SMILES string of the molecule is CC1C(=O)N(C)C(C(C)(C)C)N1C(=O)c1ccccc1. The minimum atomic E-state index is -0.420. The van der Waals surface area contributed by atoms with E-state index in [-0.39, 0.29) is 23.4 Å². The van der Waals surface area contributed by atoms with Gasteiger partial charge in [-0.05, 0) is 19.1 Å². The Balaban J connectivity index is 2.42. The molecule has 1 heterocycles. The Morgan fingerprint density at radius 1 is 1.15 bits per heavy atom. The number of rotatable bonds is 1. The highest BCUT2D eigenvalue weighted by Crippen LogP contribution is 2.34. The maximum absolute atomic E-state index is 12.8. The number of hydrogen-bond acceptors (Lipinski definition) is 2. The first kappa shape index (κ1) is 14.6. The van der Waals surface area contributed by atoms with E-state index in [0.29, 0.717) is 5.56 Å². The van der Waals surface area contributed by atoms with Gasteiger partial charge in [0.2, 0.25) is 5.91 Å². The molecule has 2 unspecified atom stereocenters. The van der Waals surface area contributed by atoms with Crippen LogP contribution in [0.15, 0.2) is 30.3 Å². The van der Waals surface area contributed by atoms with E-state index in [0.717, 1.165) is 0 Å². The number of benzene rings is 1. The predicted octanol–water partition coefficient (Wildman–Crippen LogP) is 2.36. The highest BCUT2D eigenvalue weighted by atomic mass is 16.2. The number of carbonyl (C=O) groups is 2. The molecule has 0 aliphatic carbocycles. The fourth-order valence-electron chi connectivity index (χ4n) is 2.95. The third kappa shape index (κ3) is 2.30. The van der Waals surface area contributed by atoms with Crippen LogP contribution in [-0.4, -0.2) is 40.9 Å². The Hall–Kier alpha value is -1.84. The second-order valence-corrected chi connectivity index (χ2v) is 6.44. The Morgan fingerprint density at radius 2 is 1.70 bits per heavy atom. The smallest absolute Gasteiger partial charge is 0.256 e. The van der Waals surface area contributed by atoms with E-state index >= 15 is 0 Å². The average molecular weight is 274 g/mol. The number of carbonyl (C=O) groups excluding carboxylic acids is 2. The van der Waals surface area contributed by atoms with Crippen LogP contribution in [-0.2, 0) is 4.79 Å². The molecule has 0 saturated carbocycles. The molecule has 0 aromatic heterocycles. The molecule has 0 radical (unpaired) electrons. The summed E-state index contributed by atoms with van der Waals surface area (Å²) in [7, 11) is 1.77. The third-order valence-electron chi connectivity index (χ3n) is 3.78. The standard InChI is InChI=1S/C16H22N2O2/c1-11-13(19)17(5)15(16(2,3)4)18(11)14(20)12-9-7-6-8-10-12/h6-11,15H,1-5H3. The van der Waals surface area contributed by atoms with Crippen LogP contribution in [0.3, 0.4) is 0 Å². The molecule has 2 rings (SSSR count). The van der Waals surface area contributed by atoms with Crippen molar-refractivity contribution < 1.29 is 9.59 Å². The first-order valence-electron chi connectivity index (χ1n) is 6.89. The molecule has 4 heteroatoms. The van der Waals surface area contributed by atoms with Gasteiger partial charge in [-0.15, -0.1) is 0 Å². The number of amides is 2. The van der Waals surface area contributed by atoms with Crippen molar-refractivity contribution in [1.29, 1.82) is 0 Å². The van der Waals surface area contributed by atoms with Crippen LogP contribution in [0, 0.1) is 5.41 Å². The van der Waals surface area contributed by atoms with Crippen LogP contribution in [0.1, 0.15) is 38.1 Å². The average Bonchev–Trinajstić information content (AvgIpc) is 2.63. The topological polar surface area (TPSA) is 40.6 Å². The van der Waals surface area contributed by atoms with Gasteiger partial charge in [0.25, 0.3) is 5.91 Å². The van der Waals surface area contributed by atoms with Gasteiger partial charge in [0.05, 0.1) is 0 Å². The van der Waals surface area contributed by atoms with Crippen LogP contribution in [0.5, 0.6) is 0 Å². The maximum Gasteiger partial charge on any atom is 0.256 e. The summed E-state index contributed by atoms with van der Waals surface area (Å²) in [5.74, 6) is -0.0927. The minimum absolute atomic E-state index is 0.00536. The largest absolute Gasteiger partial charge is 0.323 e. The van der Waals surface area contributed by atoms with Crippen molar-refractivity contribution in [2.45, 2.75) is 39.9 Å². The summed E-state index contributed by atoms with van der Waals surface area (Å²) < 4.78 is 0. The molecule has 1 aromatic rings. The molecule has 20 heavy (non-hydrogen) atoms. The monoisotopic (exact) mass is 274 g/mol. The predicted molar refractivity (Wildman–Crippen MR) is 78.1 cm³/mol. The molecule has 1 fully saturated rings. The van der Waals surface area contributed by atoms with Crippen molar-refractivity contribution in [2.75, 3.05) is 7.05 Å². The highest BCUT2D eigenvalue weighted by molar-refractivity contribution is 5.99. The molecule has 0 spiro atoms. The molecular weight excluding hydrogens is 252 g/mol. The molecule has 4 nitrogen and oxygen atoms in total. The number of hydrogen-bond donors (Lipinski definition) is 0. The quantitative estimate of drug-likeness (QED) is 0.789. The zero-order chi connectivity index (χ0) is 15.1. The lowest BCUT2D eigenvalue weighted by Crippen LogP contribution is -2.50. The van der Waals surface area contributed by atoms with Crippen LogP contribution in [0.2, 0.25) is 0 Å². The molecule has 1 aromatic carbocycles. The van der Waals surface area contributed by atoms with Gasteiger partial charge < -0.3 is 9.80 Å². The van der Waals surface area contributed by atoms with Crippen LogP contribution in [0.4, 0.5) is 0 Å². The van der Waals surface area contributed by atoms with Crippen molar-refractivity contribution in [3.63, 3.8) is 0 Å². The Morgan fingerprint density at radius 3 is 2.20 bits per heavy atom. The summed E-state index contributed by atoms with van der Waals surface area (Å²) in [6, 6.07) is 8.71. The van der Waals surface area contributed by atoms with Gasteiger partial charge in [-0.1, -0.05) is 39.0 Å². The number of likely N-dealkylation sites (N-methyl/N-ethyl adjacent to an activating group) is 1. The van der Waals surface area contributed by atoms with Crippen molar-refractivity contribution in [2.24, 2.45) is 5.41 Å². The van der Waals surface area contributed by atoms with E-state index in [1.807, 2.05) is 39.0 Å². The Kier molecular flexibility index (Phi) is 3.59. The molecule has 108 valence electrons. The lowest BCUT2D eigenvalue weighted by Gasteiger charge is -2.38. The van der Waals surface area contributed by atoms with Gasteiger partial charge in [0, 0.05) is 18.0 Å². The summed E-state index contributed by atoms with van der Waals surface area (Å²) in [6.45, 7) is 7.94. The van der Waals surface area contributed by atoms with Gasteiger partial charge in [-0.25, -0.2) is 0 Å². The minimum Gasteiger partial charge on any atom is -0.323 e. The van der Waals surface area contributed by atoms with Gasteiger partial charge in [0.1, 0.15) is 12.2 Å². The van der Waals surface area contributed by atoms with E-state index in [2.05, 4.69) is 0 Å². The van der Waals surface area contributed by atoms with Crippen LogP contribution in [0.25, 0.3) is 0 Å². The lowest BCUT2D eigenvalue weighted by atomic mass is 9.90. The van der Waals surface area contributed by atoms with Crippen molar-refractivity contribution in [3.8, 4) is 0 Å². The molecule has 2 amide bonds. The van der Waals surface area contributed by atoms with Crippen LogP contribution >= 0.6 is 0 Å². The van der Waals surface area contributed by atoms with Gasteiger partial charge in [-0.2, -0.15) is 0 Å². The zero-order valence-corrected chi connectivity index (χ0v) is 12.8. The molecule has 0 N–H and O–H groups in total. The van der Waals surface area contributed by atoms with E-state index in [4.69, 9.17) is 0 Å². The van der Waals surface area contributed by atoms with Gasteiger partial charge >= 0.3 is 0 Å². The Labute approximate surface area is 120 Å². The van der Waals surface area contributed by atoms with E-state index in [9.17, 15) is 9.59 Å².